The zero-order valence-corrected chi connectivity index (χ0v) is 15.0. The maximum atomic E-state index is 12.9. The van der Waals surface area contributed by atoms with Gasteiger partial charge in [-0.1, -0.05) is 65.8 Å². The van der Waals surface area contributed by atoms with E-state index in [0.29, 0.717) is 17.8 Å². The molecule has 4 aromatic rings. The molecule has 27 heavy (non-hydrogen) atoms. The minimum absolute atomic E-state index is 0.0765. The van der Waals surface area contributed by atoms with E-state index in [9.17, 15) is 8.42 Å². The minimum atomic E-state index is -3.89. The van der Waals surface area contributed by atoms with E-state index in [2.05, 4.69) is 15.0 Å². The lowest BCUT2D eigenvalue weighted by Crippen LogP contribution is -2.13. The van der Waals surface area contributed by atoms with Crippen LogP contribution in [-0.4, -0.2) is 23.4 Å². The number of hydrogen-bond acceptors (Lipinski definition) is 5. The number of benzene rings is 2. The van der Waals surface area contributed by atoms with Crippen LogP contribution in [0.25, 0.3) is 11.3 Å². The summed E-state index contributed by atoms with van der Waals surface area (Å²) in [5, 5.41) is 8.14. The van der Waals surface area contributed by atoms with Crippen molar-refractivity contribution in [2.75, 3.05) is 4.72 Å². The van der Waals surface area contributed by atoms with E-state index >= 15 is 0 Å². The molecule has 0 fully saturated rings. The van der Waals surface area contributed by atoms with Crippen LogP contribution in [0.4, 0.5) is 5.82 Å². The van der Waals surface area contributed by atoms with Crippen LogP contribution in [0.1, 0.15) is 5.56 Å². The molecule has 2 heterocycles. The van der Waals surface area contributed by atoms with Crippen molar-refractivity contribution >= 4 is 15.8 Å². The van der Waals surface area contributed by atoms with Gasteiger partial charge >= 0.3 is 0 Å². The summed E-state index contributed by atoms with van der Waals surface area (Å²) in [7, 11) is -3.89. The Morgan fingerprint density at radius 3 is 2.33 bits per heavy atom. The number of nitrogens with zero attached hydrogens (tertiary/aromatic N) is 3. The lowest BCUT2D eigenvalue weighted by Gasteiger charge is -2.05. The van der Waals surface area contributed by atoms with Crippen LogP contribution in [0.2, 0.25) is 0 Å². The van der Waals surface area contributed by atoms with Crippen molar-refractivity contribution in [2.24, 2.45) is 0 Å². The zero-order chi connectivity index (χ0) is 18.7. The maximum Gasteiger partial charge on any atom is 0.266 e. The van der Waals surface area contributed by atoms with E-state index in [1.54, 1.807) is 4.68 Å². The first kappa shape index (κ1) is 17.0. The van der Waals surface area contributed by atoms with Gasteiger partial charge in [0, 0.05) is 17.8 Å². The number of sulfonamides is 1. The van der Waals surface area contributed by atoms with E-state index in [4.69, 9.17) is 4.52 Å². The number of nitrogens with one attached hydrogen (secondary N) is 1. The van der Waals surface area contributed by atoms with Crippen molar-refractivity contribution in [3.63, 3.8) is 0 Å². The second-order valence-electron chi connectivity index (χ2n) is 5.88. The molecule has 0 radical (unpaired) electrons. The largest absolute Gasteiger partial charge is 0.363 e. The van der Waals surface area contributed by atoms with Gasteiger partial charge in [-0.2, -0.15) is 5.10 Å². The van der Waals surface area contributed by atoms with Gasteiger partial charge in [0.05, 0.1) is 6.54 Å². The van der Waals surface area contributed by atoms with Crippen LogP contribution in [0.5, 0.6) is 0 Å². The quantitative estimate of drug-likeness (QED) is 0.554. The Bertz CT molecular complexity index is 1120. The van der Waals surface area contributed by atoms with Gasteiger partial charge in [-0.3, -0.25) is 9.40 Å². The summed E-state index contributed by atoms with van der Waals surface area (Å²) in [5.74, 6) is 0.116. The molecule has 0 unspecified atom stereocenters. The lowest BCUT2D eigenvalue weighted by atomic mass is 10.2. The summed E-state index contributed by atoms with van der Waals surface area (Å²) in [6.45, 7) is 0.458. The molecule has 0 aliphatic rings. The summed E-state index contributed by atoms with van der Waals surface area (Å²) in [6, 6.07) is 20.4. The smallest absolute Gasteiger partial charge is 0.266 e. The molecule has 2 aromatic carbocycles. The highest BCUT2D eigenvalue weighted by atomic mass is 32.2. The Hall–Kier alpha value is -3.39. The topological polar surface area (TPSA) is 90.0 Å². The number of aromatic nitrogens is 3. The van der Waals surface area contributed by atoms with Crippen molar-refractivity contribution in [2.45, 2.75) is 11.4 Å². The average Bonchev–Trinajstić information content (AvgIpc) is 3.33. The van der Waals surface area contributed by atoms with Gasteiger partial charge in [-0.15, -0.1) is 0 Å². The zero-order valence-electron chi connectivity index (χ0n) is 14.2. The molecule has 1 N–H and O–H groups in total. The average molecular weight is 380 g/mol. The van der Waals surface area contributed by atoms with Crippen molar-refractivity contribution in [3.8, 4) is 11.3 Å². The van der Waals surface area contributed by atoms with Crippen LogP contribution in [0, 0.1) is 0 Å². The second-order valence-corrected chi connectivity index (χ2v) is 7.53. The summed E-state index contributed by atoms with van der Waals surface area (Å²) in [6.07, 6.45) is 2.83. The van der Waals surface area contributed by atoms with E-state index in [1.165, 1.54) is 18.5 Å². The molecule has 0 bridgehead atoms. The summed E-state index contributed by atoms with van der Waals surface area (Å²) in [5.41, 5.74) is 2.11. The van der Waals surface area contributed by atoms with Gasteiger partial charge in [0.25, 0.3) is 10.0 Å². The van der Waals surface area contributed by atoms with Crippen LogP contribution in [-0.2, 0) is 16.6 Å². The molecular formula is C19H16N4O3S. The molecule has 0 atom stereocenters. The monoisotopic (exact) mass is 380 g/mol. The van der Waals surface area contributed by atoms with E-state index < -0.39 is 10.0 Å². The highest BCUT2D eigenvalue weighted by Crippen LogP contribution is 2.27. The molecule has 136 valence electrons. The fourth-order valence-corrected chi connectivity index (χ4v) is 3.87. The Labute approximate surface area is 156 Å². The molecule has 4 rings (SSSR count). The van der Waals surface area contributed by atoms with Gasteiger partial charge < -0.3 is 4.52 Å². The van der Waals surface area contributed by atoms with Crippen molar-refractivity contribution in [1.29, 1.82) is 0 Å². The Morgan fingerprint density at radius 1 is 0.963 bits per heavy atom. The summed E-state index contributed by atoms with van der Waals surface area (Å²) < 4.78 is 34.6. The molecule has 2 aromatic heterocycles. The van der Waals surface area contributed by atoms with Crippen molar-refractivity contribution < 1.29 is 12.9 Å². The number of anilines is 1. The molecule has 0 spiro atoms. The molecule has 0 saturated heterocycles. The van der Waals surface area contributed by atoms with E-state index in [1.807, 2.05) is 60.7 Å². The Morgan fingerprint density at radius 2 is 1.67 bits per heavy atom. The molecule has 0 aliphatic heterocycles. The molecule has 0 saturated carbocycles. The second kappa shape index (κ2) is 7.08. The first-order valence-corrected chi connectivity index (χ1v) is 9.70. The predicted octanol–water partition coefficient (Wildman–Crippen LogP) is 3.39. The first-order chi connectivity index (χ1) is 13.1. The van der Waals surface area contributed by atoms with Crippen LogP contribution in [0.3, 0.4) is 0 Å². The van der Waals surface area contributed by atoms with Gasteiger partial charge in [0.2, 0.25) is 0 Å². The fraction of sp³-hybridized carbons (Fsp3) is 0.0526. The highest BCUT2D eigenvalue weighted by Gasteiger charge is 2.24. The van der Waals surface area contributed by atoms with Crippen LogP contribution < -0.4 is 4.72 Å². The molecule has 8 heteroatoms. The third-order valence-electron chi connectivity index (χ3n) is 3.93. The van der Waals surface area contributed by atoms with Gasteiger partial charge in [0.15, 0.2) is 5.82 Å². The number of rotatable bonds is 6. The molecule has 7 nitrogen and oxygen atoms in total. The highest BCUT2D eigenvalue weighted by molar-refractivity contribution is 7.92. The third kappa shape index (κ3) is 3.75. The Balaban J connectivity index is 1.76. The van der Waals surface area contributed by atoms with Gasteiger partial charge in [0.1, 0.15) is 16.9 Å². The third-order valence-corrected chi connectivity index (χ3v) is 5.28. The predicted molar refractivity (Wildman–Crippen MR) is 101 cm³/mol. The van der Waals surface area contributed by atoms with E-state index in [-0.39, 0.29) is 10.7 Å². The maximum absolute atomic E-state index is 12.9. The fourth-order valence-electron chi connectivity index (χ4n) is 2.71. The SMILES string of the molecule is O=S(=O)(Nc1ccon1)c1cn(Cc2ccccc2)nc1-c1ccccc1. The standard InChI is InChI=1S/C19H16N4O3S/c24-27(25,22-18-11-12-26-21-18)17-14-23(13-15-7-3-1-4-8-15)20-19(17)16-9-5-2-6-10-16/h1-12,14H,13H2,(H,21,22). The molecule has 0 amide bonds. The van der Waals surface area contributed by atoms with Crippen LogP contribution >= 0.6 is 0 Å². The lowest BCUT2D eigenvalue weighted by molar-refractivity contribution is 0.423. The van der Waals surface area contributed by atoms with Crippen molar-refractivity contribution in [1.82, 2.24) is 14.9 Å². The van der Waals surface area contributed by atoms with Crippen molar-refractivity contribution in [3.05, 3.63) is 84.8 Å². The van der Waals surface area contributed by atoms with Gasteiger partial charge in [-0.05, 0) is 5.56 Å². The first-order valence-electron chi connectivity index (χ1n) is 8.22. The number of hydrogen-bond donors (Lipinski definition) is 1. The summed E-state index contributed by atoms with van der Waals surface area (Å²) >= 11 is 0. The van der Waals surface area contributed by atoms with Crippen LogP contribution in [0.15, 0.2) is 88.6 Å². The molecular weight excluding hydrogens is 364 g/mol. The van der Waals surface area contributed by atoms with E-state index in [0.717, 1.165) is 5.56 Å². The minimum Gasteiger partial charge on any atom is -0.363 e. The summed E-state index contributed by atoms with van der Waals surface area (Å²) in [4.78, 5) is 0.0765. The Kier molecular flexibility index (Phi) is 4.47. The van der Waals surface area contributed by atoms with Gasteiger partial charge in [-0.25, -0.2) is 8.42 Å². The molecule has 0 aliphatic carbocycles. The normalized spacial score (nSPS) is 11.4.